The molecule has 0 fully saturated rings. The average molecular weight is 368 g/mol. The molecule has 0 atom stereocenters. The first-order valence-corrected chi connectivity index (χ1v) is 8.34. The lowest BCUT2D eigenvalue weighted by molar-refractivity contribution is 0.865. The molecular weight excluding hydrogens is 348 g/mol. The number of rotatable bonds is 6. The second-order valence-electron chi connectivity index (χ2n) is 4.79. The van der Waals surface area contributed by atoms with Gasteiger partial charge in [0, 0.05) is 25.3 Å². The van der Waals surface area contributed by atoms with Gasteiger partial charge in [-0.3, -0.25) is 0 Å². The summed E-state index contributed by atoms with van der Waals surface area (Å²) < 4.78 is 0.909. The lowest BCUT2D eigenvalue weighted by Gasteiger charge is -2.21. The van der Waals surface area contributed by atoms with Crippen LogP contribution in [0, 0.1) is 0 Å². The van der Waals surface area contributed by atoms with Gasteiger partial charge in [0.25, 0.3) is 0 Å². The van der Waals surface area contributed by atoms with Gasteiger partial charge in [-0.25, -0.2) is 0 Å². The standard InChI is InChI=1S/C17H20BrClN2/c1-3-21(4-2)14-10-8-13(9-11-14)12-20-16-7-5-6-15(19)17(16)18/h5-11,20H,3-4,12H2,1-2H3. The number of hydrogen-bond acceptors (Lipinski definition) is 2. The van der Waals surface area contributed by atoms with Gasteiger partial charge in [-0.15, -0.1) is 0 Å². The van der Waals surface area contributed by atoms with Crippen LogP contribution >= 0.6 is 27.5 Å². The molecule has 21 heavy (non-hydrogen) atoms. The molecule has 2 nitrogen and oxygen atoms in total. The monoisotopic (exact) mass is 366 g/mol. The maximum absolute atomic E-state index is 6.09. The van der Waals surface area contributed by atoms with Crippen LogP contribution in [0.2, 0.25) is 5.02 Å². The third kappa shape index (κ3) is 4.14. The van der Waals surface area contributed by atoms with Crippen LogP contribution in [0.4, 0.5) is 11.4 Å². The van der Waals surface area contributed by atoms with E-state index in [0.29, 0.717) is 0 Å². The van der Waals surface area contributed by atoms with Crippen molar-refractivity contribution in [3.63, 3.8) is 0 Å². The van der Waals surface area contributed by atoms with Crippen LogP contribution in [0.5, 0.6) is 0 Å². The number of nitrogens with one attached hydrogen (secondary N) is 1. The highest BCUT2D eigenvalue weighted by Crippen LogP contribution is 2.30. The zero-order valence-electron chi connectivity index (χ0n) is 12.4. The van der Waals surface area contributed by atoms with E-state index < -0.39 is 0 Å². The Morgan fingerprint density at radius 3 is 2.33 bits per heavy atom. The minimum atomic E-state index is 0.719. The first-order valence-electron chi connectivity index (χ1n) is 7.17. The SMILES string of the molecule is CCN(CC)c1ccc(CNc2cccc(Cl)c2Br)cc1. The third-order valence-corrected chi connectivity index (χ3v) is 4.90. The largest absolute Gasteiger partial charge is 0.380 e. The number of nitrogens with zero attached hydrogens (tertiary/aromatic N) is 1. The summed E-state index contributed by atoms with van der Waals surface area (Å²) in [5, 5.41) is 4.12. The second-order valence-corrected chi connectivity index (χ2v) is 5.99. The molecule has 0 saturated heterocycles. The van der Waals surface area contributed by atoms with Gasteiger partial charge in [-0.05, 0) is 59.6 Å². The van der Waals surface area contributed by atoms with Crippen LogP contribution in [-0.2, 0) is 6.54 Å². The molecule has 0 bridgehead atoms. The number of halogens is 2. The predicted molar refractivity (Wildman–Crippen MR) is 96.5 cm³/mol. The van der Waals surface area contributed by atoms with Gasteiger partial charge in [0.2, 0.25) is 0 Å². The number of benzene rings is 2. The van der Waals surface area contributed by atoms with Crippen molar-refractivity contribution >= 4 is 38.9 Å². The molecule has 112 valence electrons. The van der Waals surface area contributed by atoms with E-state index >= 15 is 0 Å². The van der Waals surface area contributed by atoms with E-state index in [1.807, 2.05) is 18.2 Å². The van der Waals surface area contributed by atoms with Crippen molar-refractivity contribution in [1.29, 1.82) is 0 Å². The minimum Gasteiger partial charge on any atom is -0.380 e. The van der Waals surface area contributed by atoms with Crippen molar-refractivity contribution in [2.45, 2.75) is 20.4 Å². The summed E-state index contributed by atoms with van der Waals surface area (Å²) in [6, 6.07) is 14.5. The van der Waals surface area contributed by atoms with Crippen LogP contribution in [0.1, 0.15) is 19.4 Å². The van der Waals surface area contributed by atoms with Gasteiger partial charge in [0.1, 0.15) is 0 Å². The van der Waals surface area contributed by atoms with Crippen LogP contribution < -0.4 is 10.2 Å². The summed E-state index contributed by atoms with van der Waals surface area (Å²) in [4.78, 5) is 2.34. The maximum atomic E-state index is 6.09. The van der Waals surface area contributed by atoms with Crippen LogP contribution in [0.3, 0.4) is 0 Å². The van der Waals surface area contributed by atoms with Gasteiger partial charge in [0.05, 0.1) is 15.2 Å². The zero-order chi connectivity index (χ0) is 15.2. The molecule has 1 N–H and O–H groups in total. The van der Waals surface area contributed by atoms with E-state index in [0.717, 1.165) is 34.8 Å². The molecule has 2 rings (SSSR count). The van der Waals surface area contributed by atoms with Gasteiger partial charge < -0.3 is 10.2 Å². The minimum absolute atomic E-state index is 0.719. The molecule has 0 aliphatic rings. The van der Waals surface area contributed by atoms with Gasteiger partial charge >= 0.3 is 0 Å². The van der Waals surface area contributed by atoms with Crippen molar-refractivity contribution in [3.05, 3.63) is 57.5 Å². The molecule has 0 aliphatic heterocycles. The van der Waals surface area contributed by atoms with Crippen LogP contribution in [0.15, 0.2) is 46.9 Å². The van der Waals surface area contributed by atoms with E-state index in [1.165, 1.54) is 11.3 Å². The Balaban J connectivity index is 2.02. The highest BCUT2D eigenvalue weighted by Gasteiger charge is 2.04. The van der Waals surface area contributed by atoms with E-state index in [9.17, 15) is 0 Å². The molecule has 0 aliphatic carbocycles. The number of anilines is 2. The molecule has 0 saturated carbocycles. The lowest BCUT2D eigenvalue weighted by Crippen LogP contribution is -2.21. The Hall–Kier alpha value is -1.19. The van der Waals surface area contributed by atoms with Crippen LogP contribution in [0.25, 0.3) is 0 Å². The summed E-state index contributed by atoms with van der Waals surface area (Å²) in [5.74, 6) is 0. The molecule has 0 heterocycles. The Kier molecular flexibility index (Phi) is 5.95. The van der Waals surface area contributed by atoms with E-state index in [4.69, 9.17) is 11.6 Å². The first-order chi connectivity index (χ1) is 10.2. The summed E-state index contributed by atoms with van der Waals surface area (Å²) >= 11 is 9.59. The maximum Gasteiger partial charge on any atom is 0.0593 e. The topological polar surface area (TPSA) is 15.3 Å². The van der Waals surface area contributed by atoms with Crippen molar-refractivity contribution < 1.29 is 0 Å². The summed E-state index contributed by atoms with van der Waals surface area (Å²) in [7, 11) is 0. The highest BCUT2D eigenvalue weighted by atomic mass is 79.9. The van der Waals surface area contributed by atoms with Crippen molar-refractivity contribution in [1.82, 2.24) is 0 Å². The Bertz CT molecular complexity index is 580. The fraction of sp³-hybridized carbons (Fsp3) is 0.294. The van der Waals surface area contributed by atoms with Crippen LogP contribution in [-0.4, -0.2) is 13.1 Å². The number of hydrogen-bond donors (Lipinski definition) is 1. The lowest BCUT2D eigenvalue weighted by atomic mass is 10.2. The summed E-state index contributed by atoms with van der Waals surface area (Å²) in [5.41, 5.74) is 3.53. The third-order valence-electron chi connectivity index (χ3n) is 3.50. The van der Waals surface area contributed by atoms with Gasteiger partial charge in [-0.1, -0.05) is 29.8 Å². The molecule has 0 aromatic heterocycles. The molecule has 4 heteroatoms. The molecular formula is C17H20BrClN2. The molecule has 0 radical (unpaired) electrons. The predicted octanol–water partition coefficient (Wildman–Crippen LogP) is 5.56. The van der Waals surface area contributed by atoms with Gasteiger partial charge in [0.15, 0.2) is 0 Å². The van der Waals surface area contributed by atoms with Gasteiger partial charge in [-0.2, -0.15) is 0 Å². The van der Waals surface area contributed by atoms with E-state index in [1.54, 1.807) is 0 Å². The Morgan fingerprint density at radius 1 is 1.05 bits per heavy atom. The first kappa shape index (κ1) is 16.2. The van der Waals surface area contributed by atoms with Crippen molar-refractivity contribution in [2.75, 3.05) is 23.3 Å². The smallest absolute Gasteiger partial charge is 0.0593 e. The quantitative estimate of drug-likeness (QED) is 0.719. The molecule has 0 unspecified atom stereocenters. The van der Waals surface area contributed by atoms with Crippen molar-refractivity contribution in [3.8, 4) is 0 Å². The molecule has 0 spiro atoms. The molecule has 2 aromatic rings. The average Bonchev–Trinajstić information content (AvgIpc) is 2.51. The van der Waals surface area contributed by atoms with E-state index in [-0.39, 0.29) is 0 Å². The molecule has 2 aromatic carbocycles. The summed E-state index contributed by atoms with van der Waals surface area (Å²) in [6.07, 6.45) is 0. The molecule has 0 amide bonds. The summed E-state index contributed by atoms with van der Waals surface area (Å²) in [6.45, 7) is 7.19. The van der Waals surface area contributed by atoms with E-state index in [2.05, 4.69) is 64.3 Å². The fourth-order valence-corrected chi connectivity index (χ4v) is 2.83. The Morgan fingerprint density at radius 2 is 1.71 bits per heavy atom. The van der Waals surface area contributed by atoms with Crippen molar-refractivity contribution in [2.24, 2.45) is 0 Å². The second kappa shape index (κ2) is 7.71. The fourth-order valence-electron chi connectivity index (χ4n) is 2.25. The highest BCUT2D eigenvalue weighted by molar-refractivity contribution is 9.10. The Labute approximate surface area is 140 Å². The normalized spacial score (nSPS) is 10.5. The zero-order valence-corrected chi connectivity index (χ0v) is 14.7.